The van der Waals surface area contributed by atoms with Gasteiger partial charge in [0, 0.05) is 18.7 Å². The molecule has 7 nitrogen and oxygen atoms in total. The Kier molecular flexibility index (Phi) is 8.37. The number of ether oxygens (including phenoxy) is 2. The summed E-state index contributed by atoms with van der Waals surface area (Å²) in [6.45, 7) is 4.11. The fourth-order valence-electron chi connectivity index (χ4n) is 4.11. The zero-order chi connectivity index (χ0) is 24.0. The minimum Gasteiger partial charge on any atom is -0.497 e. The molecule has 0 unspecified atom stereocenters. The third-order valence-electron chi connectivity index (χ3n) is 5.61. The highest BCUT2D eigenvalue weighted by Gasteiger charge is 2.33. The third-order valence-corrected chi connectivity index (χ3v) is 5.61. The van der Waals surface area contributed by atoms with Crippen molar-refractivity contribution in [3.8, 4) is 5.75 Å². The number of benzene rings is 2. The first-order valence-electron chi connectivity index (χ1n) is 10.6. The molecule has 33 heavy (non-hydrogen) atoms. The topological polar surface area (TPSA) is 100 Å². The first-order chi connectivity index (χ1) is 15.8. The Morgan fingerprint density at radius 3 is 2.61 bits per heavy atom. The van der Waals surface area contributed by atoms with Crippen LogP contribution >= 0.6 is 0 Å². The molecule has 1 aliphatic rings. The number of carboxylic acid groups (broad SMARTS) is 1. The van der Waals surface area contributed by atoms with Gasteiger partial charge in [0.1, 0.15) is 17.4 Å². The van der Waals surface area contributed by atoms with Gasteiger partial charge in [-0.05, 0) is 53.8 Å². The van der Waals surface area contributed by atoms with E-state index < -0.39 is 29.9 Å². The van der Waals surface area contributed by atoms with Crippen molar-refractivity contribution < 1.29 is 33.3 Å². The number of hydrogen-bond donors (Lipinski definition) is 4. The summed E-state index contributed by atoms with van der Waals surface area (Å²) in [5.74, 6) is -0.855. The van der Waals surface area contributed by atoms with Gasteiger partial charge in [-0.3, -0.25) is 0 Å². The van der Waals surface area contributed by atoms with Gasteiger partial charge in [0.15, 0.2) is 0 Å². The van der Waals surface area contributed by atoms with Crippen LogP contribution in [0.4, 0.5) is 13.6 Å². The maximum Gasteiger partial charge on any atom is 0.404 e. The van der Waals surface area contributed by atoms with Crippen LogP contribution in [0, 0.1) is 11.6 Å². The molecule has 0 aromatic heterocycles. The Bertz CT molecular complexity index is 967. The Hall–Kier alpha value is -3.01. The van der Waals surface area contributed by atoms with Gasteiger partial charge < -0.3 is 30.3 Å². The summed E-state index contributed by atoms with van der Waals surface area (Å²) < 4.78 is 38.3. The number of nitrogens with one attached hydrogen (secondary N) is 2. The number of fused-ring (bicyclic) bond motifs is 1. The fourth-order valence-corrected chi connectivity index (χ4v) is 4.11. The lowest BCUT2D eigenvalue weighted by Crippen LogP contribution is -2.48. The van der Waals surface area contributed by atoms with Gasteiger partial charge in [-0.2, -0.15) is 0 Å². The average Bonchev–Trinajstić information content (AvgIpc) is 3.11. The minimum absolute atomic E-state index is 0.0399. The van der Waals surface area contributed by atoms with Gasteiger partial charge in [-0.25, -0.2) is 13.6 Å². The standard InChI is InChI=1S/C24H28F2N2O5/c1-3-6-33-23-12-20(19-11-17(32-2)4-5-18(19)23)27-13-22(29)21(28-24(30)31)9-14-7-15(25)10-16(26)8-14/h3-5,7-8,10-11,20-23,27-29H,1,6,9,12-13H2,2H3,(H,30,31)/t20-,21+,22-,23-/m1/s1. The normalized spacial score (nSPS) is 18.9. The monoisotopic (exact) mass is 462 g/mol. The molecule has 0 aliphatic heterocycles. The maximum absolute atomic E-state index is 13.5. The second kappa shape index (κ2) is 11.2. The minimum atomic E-state index is -1.34. The Morgan fingerprint density at radius 1 is 1.24 bits per heavy atom. The van der Waals surface area contributed by atoms with Crippen LogP contribution in [-0.2, 0) is 11.2 Å². The van der Waals surface area contributed by atoms with Crippen LogP contribution in [0.1, 0.15) is 35.3 Å². The molecule has 2 aromatic rings. The molecule has 1 amide bonds. The summed E-state index contributed by atoms with van der Waals surface area (Å²) in [6.07, 6.45) is -0.467. The van der Waals surface area contributed by atoms with E-state index in [1.807, 2.05) is 18.2 Å². The molecule has 0 saturated heterocycles. The van der Waals surface area contributed by atoms with Crippen molar-refractivity contribution in [2.75, 3.05) is 20.3 Å². The van der Waals surface area contributed by atoms with Crippen LogP contribution in [-0.4, -0.2) is 48.7 Å². The fraction of sp³-hybridized carbons (Fsp3) is 0.375. The largest absolute Gasteiger partial charge is 0.497 e. The molecule has 1 aliphatic carbocycles. The summed E-state index contributed by atoms with van der Waals surface area (Å²) in [5.41, 5.74) is 2.20. The lowest BCUT2D eigenvalue weighted by Gasteiger charge is -2.25. The van der Waals surface area contributed by atoms with E-state index in [9.17, 15) is 23.8 Å². The number of rotatable bonds is 11. The van der Waals surface area contributed by atoms with E-state index in [0.29, 0.717) is 18.8 Å². The van der Waals surface area contributed by atoms with Crippen LogP contribution < -0.4 is 15.4 Å². The molecule has 0 fully saturated rings. The average molecular weight is 462 g/mol. The first-order valence-corrected chi connectivity index (χ1v) is 10.6. The quantitative estimate of drug-likeness (QED) is 0.382. The van der Waals surface area contributed by atoms with E-state index in [1.54, 1.807) is 13.2 Å². The SMILES string of the molecule is C=CCO[C@@H]1C[C@@H](NC[C@@H](O)[C@H](Cc2cc(F)cc(F)c2)NC(=O)O)c2cc(OC)ccc21. The van der Waals surface area contributed by atoms with Crippen molar-refractivity contribution in [1.82, 2.24) is 10.6 Å². The second-order valence-electron chi connectivity index (χ2n) is 7.91. The van der Waals surface area contributed by atoms with Gasteiger partial charge in [0.2, 0.25) is 0 Å². The first kappa shape index (κ1) is 24.6. The lowest BCUT2D eigenvalue weighted by atomic mass is 10.00. The van der Waals surface area contributed by atoms with Gasteiger partial charge in [-0.1, -0.05) is 12.1 Å². The molecule has 0 bridgehead atoms. The molecule has 3 rings (SSSR count). The van der Waals surface area contributed by atoms with Crippen LogP contribution in [0.2, 0.25) is 0 Å². The van der Waals surface area contributed by atoms with E-state index in [2.05, 4.69) is 17.2 Å². The van der Waals surface area contributed by atoms with Crippen molar-refractivity contribution >= 4 is 6.09 Å². The van der Waals surface area contributed by atoms with E-state index in [1.165, 1.54) is 0 Å². The molecular formula is C24H28F2N2O5. The summed E-state index contributed by atoms with van der Waals surface area (Å²) in [6, 6.07) is 7.50. The van der Waals surface area contributed by atoms with Crippen LogP contribution in [0.15, 0.2) is 49.1 Å². The molecule has 4 N–H and O–H groups in total. The zero-order valence-corrected chi connectivity index (χ0v) is 18.3. The number of amides is 1. The highest BCUT2D eigenvalue weighted by Crippen LogP contribution is 2.42. The number of aliphatic hydroxyl groups excluding tert-OH is 1. The highest BCUT2D eigenvalue weighted by atomic mass is 19.1. The van der Waals surface area contributed by atoms with Crippen molar-refractivity contribution in [1.29, 1.82) is 0 Å². The van der Waals surface area contributed by atoms with Crippen molar-refractivity contribution in [2.24, 2.45) is 0 Å². The lowest BCUT2D eigenvalue weighted by molar-refractivity contribution is 0.0672. The van der Waals surface area contributed by atoms with Crippen molar-refractivity contribution in [3.05, 3.63) is 77.4 Å². The summed E-state index contributed by atoms with van der Waals surface area (Å²) in [5, 5.41) is 25.4. The molecular weight excluding hydrogens is 434 g/mol. The van der Waals surface area contributed by atoms with E-state index in [0.717, 1.165) is 29.3 Å². The predicted octanol–water partition coefficient (Wildman–Crippen LogP) is 3.49. The van der Waals surface area contributed by atoms with E-state index in [4.69, 9.17) is 9.47 Å². The molecule has 0 heterocycles. The van der Waals surface area contributed by atoms with Crippen molar-refractivity contribution in [3.63, 3.8) is 0 Å². The Balaban J connectivity index is 1.72. The molecule has 4 atom stereocenters. The van der Waals surface area contributed by atoms with Crippen LogP contribution in [0.3, 0.4) is 0 Å². The number of methoxy groups -OCH3 is 1. The molecule has 2 aromatic carbocycles. The molecule has 0 radical (unpaired) electrons. The van der Waals surface area contributed by atoms with Crippen LogP contribution in [0.25, 0.3) is 0 Å². The Morgan fingerprint density at radius 2 is 1.97 bits per heavy atom. The maximum atomic E-state index is 13.5. The van der Waals surface area contributed by atoms with Gasteiger partial charge >= 0.3 is 6.09 Å². The Labute approximate surface area is 191 Å². The molecule has 178 valence electrons. The smallest absolute Gasteiger partial charge is 0.404 e. The summed E-state index contributed by atoms with van der Waals surface area (Å²) in [4.78, 5) is 11.2. The van der Waals surface area contributed by atoms with Gasteiger partial charge in [-0.15, -0.1) is 6.58 Å². The number of carbonyl (C=O) groups is 1. The second-order valence-corrected chi connectivity index (χ2v) is 7.91. The predicted molar refractivity (Wildman–Crippen MR) is 118 cm³/mol. The summed E-state index contributed by atoms with van der Waals surface area (Å²) >= 11 is 0. The van der Waals surface area contributed by atoms with Crippen molar-refractivity contribution in [2.45, 2.75) is 37.1 Å². The van der Waals surface area contributed by atoms with Crippen LogP contribution in [0.5, 0.6) is 5.75 Å². The van der Waals surface area contributed by atoms with Gasteiger partial charge in [0.05, 0.1) is 32.0 Å². The molecule has 9 heteroatoms. The van der Waals surface area contributed by atoms with E-state index in [-0.39, 0.29) is 30.7 Å². The highest BCUT2D eigenvalue weighted by molar-refractivity contribution is 5.65. The number of hydrogen-bond acceptors (Lipinski definition) is 5. The molecule has 0 saturated carbocycles. The van der Waals surface area contributed by atoms with E-state index >= 15 is 0 Å². The molecule has 0 spiro atoms. The summed E-state index contributed by atoms with van der Waals surface area (Å²) in [7, 11) is 1.58. The number of halogens is 2. The zero-order valence-electron chi connectivity index (χ0n) is 18.3. The van der Waals surface area contributed by atoms with Gasteiger partial charge in [0.25, 0.3) is 0 Å². The number of aliphatic hydroxyl groups is 1. The third kappa shape index (κ3) is 6.50.